The molecule has 1 aromatic heterocycles. The highest BCUT2D eigenvalue weighted by atomic mass is 16.5. The van der Waals surface area contributed by atoms with E-state index in [0.29, 0.717) is 12.4 Å². The van der Waals surface area contributed by atoms with E-state index in [4.69, 9.17) is 14.5 Å². The molecule has 0 aliphatic rings. The number of methoxy groups -OCH3 is 2. The maximum Gasteiger partial charge on any atom is 0.247 e. The van der Waals surface area contributed by atoms with Gasteiger partial charge in [0.15, 0.2) is 0 Å². The molecule has 0 spiro atoms. The lowest BCUT2D eigenvalue weighted by atomic mass is 10.0. The van der Waals surface area contributed by atoms with Crippen molar-refractivity contribution in [1.29, 1.82) is 0 Å². The third kappa shape index (κ3) is 5.59. The van der Waals surface area contributed by atoms with Crippen molar-refractivity contribution in [1.82, 2.24) is 9.55 Å². The molecular formula is C31H35N3O3. The van der Waals surface area contributed by atoms with Gasteiger partial charge < -0.3 is 18.9 Å². The number of rotatable bonds is 10. The molecule has 6 heteroatoms. The molecule has 0 unspecified atom stereocenters. The molecule has 0 bridgehead atoms. The average molecular weight is 498 g/mol. The maximum atomic E-state index is 14.1. The first kappa shape index (κ1) is 26.2. The summed E-state index contributed by atoms with van der Waals surface area (Å²) in [7, 11) is 3.33. The van der Waals surface area contributed by atoms with Gasteiger partial charge >= 0.3 is 0 Å². The Morgan fingerprint density at radius 2 is 1.78 bits per heavy atom. The molecule has 0 aliphatic heterocycles. The van der Waals surface area contributed by atoms with E-state index < -0.39 is 0 Å². The molecule has 0 N–H and O–H groups in total. The molecule has 0 saturated carbocycles. The maximum absolute atomic E-state index is 14.1. The lowest BCUT2D eigenvalue weighted by molar-refractivity contribution is -0.119. The number of para-hydroxylation sites is 4. The quantitative estimate of drug-likeness (QED) is 0.264. The number of hydrogen-bond acceptors (Lipinski definition) is 4. The zero-order valence-electron chi connectivity index (χ0n) is 22.3. The van der Waals surface area contributed by atoms with E-state index in [1.54, 1.807) is 14.2 Å². The normalized spacial score (nSPS) is 12.2. The molecule has 4 aromatic rings. The van der Waals surface area contributed by atoms with Crippen molar-refractivity contribution in [2.24, 2.45) is 0 Å². The van der Waals surface area contributed by atoms with Crippen molar-refractivity contribution in [2.45, 2.75) is 39.8 Å². The Labute approximate surface area is 219 Å². The Hall–Kier alpha value is -3.90. The number of aryl methyl sites for hydroxylation is 2. The summed E-state index contributed by atoms with van der Waals surface area (Å²) in [4.78, 5) is 20.8. The largest absolute Gasteiger partial charge is 0.496 e. The summed E-state index contributed by atoms with van der Waals surface area (Å²) in [6.07, 6.45) is 4.75. The monoisotopic (exact) mass is 497 g/mol. The molecule has 0 radical (unpaired) electrons. The molecule has 0 fully saturated rings. The van der Waals surface area contributed by atoms with Crippen molar-refractivity contribution in [3.63, 3.8) is 0 Å². The van der Waals surface area contributed by atoms with E-state index in [-0.39, 0.29) is 18.5 Å². The Balaban J connectivity index is 1.77. The van der Waals surface area contributed by atoms with E-state index in [9.17, 15) is 4.79 Å². The van der Waals surface area contributed by atoms with Crippen LogP contribution in [0.15, 0.2) is 66.7 Å². The SMILES string of the molecule is CCc1cccc(C)c1N(C(=O)Cn1c(/C=C/c2ccccc2OC)nc2ccccc21)[C@@H](C)COC. The molecule has 1 amide bonds. The van der Waals surface area contributed by atoms with Crippen LogP contribution in [0.4, 0.5) is 5.69 Å². The second kappa shape index (κ2) is 11.9. The van der Waals surface area contributed by atoms with Crippen LogP contribution in [0.5, 0.6) is 5.75 Å². The number of amides is 1. The van der Waals surface area contributed by atoms with E-state index in [2.05, 4.69) is 26.0 Å². The van der Waals surface area contributed by atoms with Gasteiger partial charge in [0.25, 0.3) is 0 Å². The van der Waals surface area contributed by atoms with Gasteiger partial charge in [0.2, 0.25) is 5.91 Å². The lowest BCUT2D eigenvalue weighted by Crippen LogP contribution is -2.44. The van der Waals surface area contributed by atoms with Gasteiger partial charge in [0, 0.05) is 12.7 Å². The molecule has 37 heavy (non-hydrogen) atoms. The highest BCUT2D eigenvalue weighted by Crippen LogP contribution is 2.29. The van der Waals surface area contributed by atoms with Crippen LogP contribution in [0.3, 0.4) is 0 Å². The first-order valence-corrected chi connectivity index (χ1v) is 12.6. The van der Waals surface area contributed by atoms with Crippen LogP contribution in [0, 0.1) is 6.92 Å². The van der Waals surface area contributed by atoms with Gasteiger partial charge in [-0.1, -0.05) is 55.5 Å². The number of fused-ring (bicyclic) bond motifs is 1. The van der Waals surface area contributed by atoms with Gasteiger partial charge in [0.1, 0.15) is 18.1 Å². The van der Waals surface area contributed by atoms with Gasteiger partial charge in [-0.2, -0.15) is 0 Å². The number of benzene rings is 3. The summed E-state index contributed by atoms with van der Waals surface area (Å²) in [6.45, 7) is 6.79. The number of carbonyl (C=O) groups is 1. The third-order valence-corrected chi connectivity index (χ3v) is 6.59. The van der Waals surface area contributed by atoms with Crippen LogP contribution in [0.25, 0.3) is 23.2 Å². The Morgan fingerprint density at radius 3 is 2.54 bits per heavy atom. The second-order valence-corrected chi connectivity index (χ2v) is 9.12. The van der Waals surface area contributed by atoms with Crippen LogP contribution in [-0.2, 0) is 22.5 Å². The first-order valence-electron chi connectivity index (χ1n) is 12.6. The average Bonchev–Trinajstić information content (AvgIpc) is 3.25. The van der Waals surface area contributed by atoms with Crippen LogP contribution in [-0.4, -0.2) is 42.3 Å². The minimum absolute atomic E-state index is 0.0105. The molecule has 3 aromatic carbocycles. The Bertz CT molecular complexity index is 1410. The topological polar surface area (TPSA) is 56.6 Å². The second-order valence-electron chi connectivity index (χ2n) is 9.12. The summed E-state index contributed by atoms with van der Waals surface area (Å²) in [5, 5.41) is 0. The number of ether oxygens (including phenoxy) is 2. The smallest absolute Gasteiger partial charge is 0.247 e. The minimum Gasteiger partial charge on any atom is -0.496 e. The minimum atomic E-state index is -0.133. The van der Waals surface area contributed by atoms with E-state index in [0.717, 1.165) is 45.6 Å². The number of nitrogens with zero attached hydrogens (tertiary/aromatic N) is 3. The number of imidazole rings is 1. The fourth-order valence-electron chi connectivity index (χ4n) is 4.82. The number of carbonyl (C=O) groups excluding carboxylic acids is 1. The van der Waals surface area contributed by atoms with E-state index >= 15 is 0 Å². The molecule has 192 valence electrons. The molecule has 1 atom stereocenters. The number of hydrogen-bond donors (Lipinski definition) is 0. The molecule has 0 aliphatic carbocycles. The highest BCUT2D eigenvalue weighted by Gasteiger charge is 2.26. The molecule has 6 nitrogen and oxygen atoms in total. The molecule has 4 rings (SSSR count). The zero-order chi connectivity index (χ0) is 26.4. The van der Waals surface area contributed by atoms with E-state index in [1.165, 1.54) is 0 Å². The zero-order valence-corrected chi connectivity index (χ0v) is 22.3. The van der Waals surface area contributed by atoms with E-state index in [1.807, 2.05) is 83.1 Å². The highest BCUT2D eigenvalue weighted by molar-refractivity contribution is 5.96. The van der Waals surface area contributed by atoms with Crippen LogP contribution >= 0.6 is 0 Å². The third-order valence-electron chi connectivity index (χ3n) is 6.59. The summed E-state index contributed by atoms with van der Waals surface area (Å²) >= 11 is 0. The first-order chi connectivity index (χ1) is 18.0. The lowest BCUT2D eigenvalue weighted by Gasteiger charge is -2.32. The summed E-state index contributed by atoms with van der Waals surface area (Å²) in [5.74, 6) is 1.48. The fraction of sp³-hybridized carbons (Fsp3) is 0.290. The van der Waals surface area contributed by atoms with Gasteiger partial charge in [-0.3, -0.25) is 4.79 Å². The standard InChI is InChI=1S/C31H35N3O3/c1-6-24-14-11-12-22(2)31(24)34(23(3)21-36-4)30(35)20-33-27-16-9-8-15-26(27)32-29(33)19-18-25-13-7-10-17-28(25)37-5/h7-19,23H,6,20-21H2,1-5H3/b19-18+/t23-/m0/s1. The van der Waals surface area contributed by atoms with Crippen LogP contribution in [0.1, 0.15) is 36.4 Å². The predicted octanol–water partition coefficient (Wildman–Crippen LogP) is 6.15. The van der Waals surface area contributed by atoms with Crippen molar-refractivity contribution in [3.05, 3.63) is 89.2 Å². The summed E-state index contributed by atoms with van der Waals surface area (Å²) < 4.78 is 13.0. The molecule has 0 saturated heterocycles. The van der Waals surface area contributed by atoms with Crippen molar-refractivity contribution in [3.8, 4) is 5.75 Å². The Kier molecular flexibility index (Phi) is 8.41. The van der Waals surface area contributed by atoms with Gasteiger partial charge in [0.05, 0.1) is 36.5 Å². The number of anilines is 1. The molecular weight excluding hydrogens is 462 g/mol. The van der Waals surface area contributed by atoms with Crippen molar-refractivity contribution >= 4 is 34.8 Å². The summed E-state index contributed by atoms with van der Waals surface area (Å²) in [6, 6.07) is 21.8. The summed E-state index contributed by atoms with van der Waals surface area (Å²) in [5.41, 5.74) is 5.88. The van der Waals surface area contributed by atoms with Crippen LogP contribution in [0.2, 0.25) is 0 Å². The fourth-order valence-corrected chi connectivity index (χ4v) is 4.82. The van der Waals surface area contributed by atoms with Gasteiger partial charge in [-0.25, -0.2) is 4.98 Å². The van der Waals surface area contributed by atoms with Crippen molar-refractivity contribution in [2.75, 3.05) is 25.7 Å². The molecule has 1 heterocycles. The van der Waals surface area contributed by atoms with Gasteiger partial charge in [-0.05, 0) is 61.7 Å². The Morgan fingerprint density at radius 1 is 1.03 bits per heavy atom. The van der Waals surface area contributed by atoms with Crippen LogP contribution < -0.4 is 9.64 Å². The van der Waals surface area contributed by atoms with Gasteiger partial charge in [-0.15, -0.1) is 0 Å². The number of aromatic nitrogens is 2. The predicted molar refractivity (Wildman–Crippen MR) is 151 cm³/mol. The van der Waals surface area contributed by atoms with Crippen molar-refractivity contribution < 1.29 is 14.3 Å².